The van der Waals surface area contributed by atoms with Crippen LogP contribution < -0.4 is 16.0 Å². The van der Waals surface area contributed by atoms with Crippen molar-refractivity contribution in [3.05, 3.63) is 58.1 Å². The Bertz CT molecular complexity index is 1280. The molecule has 3 amide bonds. The number of hydrogen-bond acceptors (Lipinski definition) is 3. The maximum Gasteiger partial charge on any atom is 0.320 e. The molecule has 0 saturated heterocycles. The van der Waals surface area contributed by atoms with Gasteiger partial charge in [-0.1, -0.05) is 75.3 Å². The van der Waals surface area contributed by atoms with Crippen LogP contribution in [0.4, 0.5) is 16.2 Å². The van der Waals surface area contributed by atoms with Gasteiger partial charge in [-0.15, -0.1) is 0 Å². The number of anilines is 2. The summed E-state index contributed by atoms with van der Waals surface area (Å²) in [5.74, 6) is -0.116. The van der Waals surface area contributed by atoms with E-state index in [4.69, 9.17) is 0 Å². The van der Waals surface area contributed by atoms with Gasteiger partial charge in [-0.2, -0.15) is 0 Å². The highest BCUT2D eigenvalue weighted by Crippen LogP contribution is 2.56. The summed E-state index contributed by atoms with van der Waals surface area (Å²) in [7, 11) is 0. The number of urea groups is 1. The molecule has 2 aliphatic rings. The summed E-state index contributed by atoms with van der Waals surface area (Å²) in [6.07, 6.45) is 4.33. The van der Waals surface area contributed by atoms with Crippen molar-refractivity contribution in [1.29, 1.82) is 0 Å². The SMILES string of the molecule is CCN(CC)C(C)NC(=O)Nc1ccc(C(=O)Nc2c3c(cc4c2C(C)(C)CCC4(C)C)C(C)(C)CCC3(C)C)cc1. The van der Waals surface area contributed by atoms with Crippen LogP contribution in [0.15, 0.2) is 30.3 Å². The van der Waals surface area contributed by atoms with Crippen molar-refractivity contribution in [3.8, 4) is 0 Å². The molecule has 6 nitrogen and oxygen atoms in total. The van der Waals surface area contributed by atoms with Crippen molar-refractivity contribution >= 4 is 23.3 Å². The molecule has 0 bridgehead atoms. The monoisotopic (exact) mass is 574 g/mol. The fourth-order valence-corrected chi connectivity index (χ4v) is 7.16. The normalized spacial score (nSPS) is 20.2. The Balaban J connectivity index is 1.68. The number of benzene rings is 2. The van der Waals surface area contributed by atoms with Crippen molar-refractivity contribution in [1.82, 2.24) is 10.2 Å². The second-order valence-electron chi connectivity index (χ2n) is 15.2. The average Bonchev–Trinajstić information content (AvgIpc) is 2.90. The van der Waals surface area contributed by atoms with Crippen LogP contribution in [0.2, 0.25) is 0 Å². The van der Waals surface area contributed by atoms with Crippen molar-refractivity contribution in [2.24, 2.45) is 0 Å². The van der Waals surface area contributed by atoms with Crippen LogP contribution in [0.25, 0.3) is 0 Å². The molecule has 0 spiro atoms. The maximum absolute atomic E-state index is 13.9. The Morgan fingerprint density at radius 1 is 0.738 bits per heavy atom. The van der Waals surface area contributed by atoms with E-state index >= 15 is 0 Å². The average molecular weight is 575 g/mol. The lowest BCUT2D eigenvalue weighted by atomic mass is 9.56. The molecule has 0 radical (unpaired) electrons. The van der Waals surface area contributed by atoms with Gasteiger partial charge < -0.3 is 16.0 Å². The second-order valence-corrected chi connectivity index (χ2v) is 15.2. The van der Waals surface area contributed by atoms with Crippen LogP contribution in [0, 0.1) is 0 Å². The van der Waals surface area contributed by atoms with Gasteiger partial charge >= 0.3 is 6.03 Å². The van der Waals surface area contributed by atoms with E-state index in [0.29, 0.717) is 11.3 Å². The molecular weight excluding hydrogens is 520 g/mol. The largest absolute Gasteiger partial charge is 0.323 e. The topological polar surface area (TPSA) is 73.5 Å². The summed E-state index contributed by atoms with van der Waals surface area (Å²) in [5.41, 5.74) is 7.57. The quantitative estimate of drug-likeness (QED) is 0.291. The highest BCUT2D eigenvalue weighted by Gasteiger charge is 2.46. The van der Waals surface area contributed by atoms with Crippen LogP contribution in [-0.2, 0) is 21.7 Å². The molecule has 0 aliphatic heterocycles. The molecule has 1 atom stereocenters. The molecule has 2 aromatic carbocycles. The molecule has 3 N–H and O–H groups in total. The maximum atomic E-state index is 13.9. The molecule has 230 valence electrons. The van der Waals surface area contributed by atoms with E-state index in [-0.39, 0.29) is 39.8 Å². The molecule has 0 fully saturated rings. The first-order valence-corrected chi connectivity index (χ1v) is 15.9. The number of fused-ring (bicyclic) bond motifs is 2. The van der Waals surface area contributed by atoms with Crippen LogP contribution in [-0.4, -0.2) is 36.1 Å². The molecule has 0 heterocycles. The number of carbonyl (C=O) groups is 2. The third-order valence-corrected chi connectivity index (χ3v) is 10.2. The van der Waals surface area contributed by atoms with Gasteiger partial charge in [-0.05, 0) is 114 Å². The van der Waals surface area contributed by atoms with Gasteiger partial charge in [0.05, 0.1) is 6.17 Å². The lowest BCUT2D eigenvalue weighted by molar-refractivity contribution is 0.102. The highest BCUT2D eigenvalue weighted by atomic mass is 16.2. The zero-order valence-corrected chi connectivity index (χ0v) is 28.0. The van der Waals surface area contributed by atoms with E-state index in [1.54, 1.807) is 24.3 Å². The predicted octanol–water partition coefficient (Wildman–Crippen LogP) is 8.45. The summed E-state index contributed by atoms with van der Waals surface area (Å²) in [6, 6.07) is 9.42. The summed E-state index contributed by atoms with van der Waals surface area (Å²) in [5, 5.41) is 9.36. The number of rotatable bonds is 7. The van der Waals surface area contributed by atoms with Gasteiger partial charge in [0.1, 0.15) is 0 Å². The molecule has 6 heteroatoms. The molecule has 2 aromatic rings. The fourth-order valence-electron chi connectivity index (χ4n) is 7.16. The minimum Gasteiger partial charge on any atom is -0.323 e. The molecule has 42 heavy (non-hydrogen) atoms. The predicted molar refractivity (Wildman–Crippen MR) is 176 cm³/mol. The Morgan fingerprint density at radius 3 is 1.64 bits per heavy atom. The van der Waals surface area contributed by atoms with E-state index in [1.807, 2.05) is 6.92 Å². The van der Waals surface area contributed by atoms with E-state index in [1.165, 1.54) is 22.3 Å². The zero-order valence-electron chi connectivity index (χ0n) is 28.0. The van der Waals surface area contributed by atoms with E-state index < -0.39 is 0 Å². The standard InChI is InChI=1S/C36H54N4O2/c1-12-40(13-2)23(3)37-32(42)38-25-16-14-24(15-17-25)31(41)39-30-28-26(33(4,5)18-20-35(28,8)9)22-27-29(30)36(10,11)21-19-34(27,6)7/h14-17,22-23H,12-13,18-21H2,1-11H3,(H,39,41)(H2,37,38,42). The van der Waals surface area contributed by atoms with Gasteiger partial charge in [0.25, 0.3) is 5.91 Å². The number of carbonyl (C=O) groups excluding carboxylic acids is 2. The minimum absolute atomic E-state index is 0.0354. The summed E-state index contributed by atoms with van der Waals surface area (Å²) in [6.45, 7) is 26.6. The molecule has 0 aromatic heterocycles. The van der Waals surface area contributed by atoms with E-state index in [2.05, 4.69) is 96.2 Å². The van der Waals surface area contributed by atoms with E-state index in [0.717, 1.165) is 44.5 Å². The third-order valence-electron chi connectivity index (χ3n) is 10.2. The minimum atomic E-state index is -0.260. The smallest absolute Gasteiger partial charge is 0.320 e. The Labute approximate surface area is 254 Å². The second kappa shape index (κ2) is 11.3. The first-order valence-electron chi connectivity index (χ1n) is 15.9. The molecular formula is C36H54N4O2. The molecule has 2 aliphatic carbocycles. The molecule has 0 saturated carbocycles. The Hall–Kier alpha value is -2.86. The van der Waals surface area contributed by atoms with Gasteiger partial charge in [0, 0.05) is 16.9 Å². The van der Waals surface area contributed by atoms with E-state index in [9.17, 15) is 9.59 Å². The fraction of sp³-hybridized carbons (Fsp3) is 0.611. The molecule has 1 unspecified atom stereocenters. The number of hydrogen-bond donors (Lipinski definition) is 3. The first kappa shape index (κ1) is 32.1. The van der Waals surface area contributed by atoms with Crippen molar-refractivity contribution in [3.63, 3.8) is 0 Å². The van der Waals surface area contributed by atoms with Crippen LogP contribution >= 0.6 is 0 Å². The van der Waals surface area contributed by atoms with Gasteiger partial charge in [0.15, 0.2) is 0 Å². The highest BCUT2D eigenvalue weighted by molar-refractivity contribution is 6.06. The summed E-state index contributed by atoms with van der Waals surface area (Å²) in [4.78, 5) is 28.7. The van der Waals surface area contributed by atoms with Gasteiger partial charge in [-0.3, -0.25) is 9.69 Å². The van der Waals surface area contributed by atoms with Crippen LogP contribution in [0.5, 0.6) is 0 Å². The van der Waals surface area contributed by atoms with Crippen molar-refractivity contribution in [2.45, 2.75) is 130 Å². The first-order chi connectivity index (χ1) is 19.4. The Morgan fingerprint density at radius 2 is 1.19 bits per heavy atom. The third kappa shape index (κ3) is 6.10. The molecule has 4 rings (SSSR count). The van der Waals surface area contributed by atoms with Crippen LogP contribution in [0.3, 0.4) is 0 Å². The number of amides is 3. The number of nitrogens with one attached hydrogen (secondary N) is 3. The Kier molecular flexibility index (Phi) is 8.65. The van der Waals surface area contributed by atoms with Crippen molar-refractivity contribution in [2.75, 3.05) is 23.7 Å². The lowest BCUT2D eigenvalue weighted by Crippen LogP contribution is -2.47. The summed E-state index contributed by atoms with van der Waals surface area (Å²) >= 11 is 0. The number of nitrogens with zero attached hydrogens (tertiary/aromatic N) is 1. The lowest BCUT2D eigenvalue weighted by Gasteiger charge is -2.49. The van der Waals surface area contributed by atoms with Gasteiger partial charge in [-0.25, -0.2) is 4.79 Å². The van der Waals surface area contributed by atoms with Crippen molar-refractivity contribution < 1.29 is 9.59 Å². The van der Waals surface area contributed by atoms with Gasteiger partial charge in [0.2, 0.25) is 0 Å². The zero-order chi connectivity index (χ0) is 31.3. The van der Waals surface area contributed by atoms with Crippen LogP contribution in [0.1, 0.15) is 134 Å². The summed E-state index contributed by atoms with van der Waals surface area (Å²) < 4.78 is 0.